The fourth-order valence-electron chi connectivity index (χ4n) is 1.47. The molecule has 0 amide bonds. The van der Waals surface area contributed by atoms with Crippen molar-refractivity contribution in [2.45, 2.75) is 4.90 Å². The number of nitrogens with zero attached hydrogens (tertiary/aromatic N) is 3. The van der Waals surface area contributed by atoms with E-state index in [9.17, 15) is 22.9 Å². The molecular weight excluding hydrogens is 291 g/mol. The third kappa shape index (κ3) is 2.59. The number of anilines is 1. The van der Waals surface area contributed by atoms with Gasteiger partial charge in [0.1, 0.15) is 5.82 Å². The van der Waals surface area contributed by atoms with Crippen molar-refractivity contribution in [2.75, 3.05) is 4.72 Å². The topological polar surface area (TPSA) is 107 Å². The summed E-state index contributed by atoms with van der Waals surface area (Å²) in [6.07, 6.45) is 1.38. The Bertz CT molecular complexity index is 771. The van der Waals surface area contributed by atoms with Crippen molar-refractivity contribution < 1.29 is 17.7 Å². The van der Waals surface area contributed by atoms with Crippen LogP contribution in [0.3, 0.4) is 0 Å². The van der Waals surface area contributed by atoms with Crippen LogP contribution < -0.4 is 4.72 Å². The highest BCUT2D eigenvalue weighted by molar-refractivity contribution is 7.92. The predicted octanol–water partition coefficient (Wildman–Crippen LogP) is 1.27. The van der Waals surface area contributed by atoms with E-state index >= 15 is 0 Å². The Labute approximate surface area is 113 Å². The maximum Gasteiger partial charge on any atom is 0.304 e. The molecule has 0 bridgehead atoms. The van der Waals surface area contributed by atoms with Gasteiger partial charge in [0.15, 0.2) is 0 Å². The first kappa shape index (κ1) is 13.9. The predicted molar refractivity (Wildman–Crippen MR) is 67.1 cm³/mol. The molecule has 106 valence electrons. The molecule has 0 aliphatic carbocycles. The molecule has 8 nitrogen and oxygen atoms in total. The lowest BCUT2D eigenvalue weighted by Gasteiger charge is -2.08. The van der Waals surface area contributed by atoms with Crippen LogP contribution in [0.4, 0.5) is 15.9 Å². The second-order valence-electron chi connectivity index (χ2n) is 3.82. The van der Waals surface area contributed by atoms with Gasteiger partial charge in [0, 0.05) is 25.2 Å². The van der Waals surface area contributed by atoms with Crippen LogP contribution in [0.15, 0.2) is 35.4 Å². The Balaban J connectivity index is 2.38. The first-order valence-electron chi connectivity index (χ1n) is 5.26. The van der Waals surface area contributed by atoms with Gasteiger partial charge in [0.05, 0.1) is 16.0 Å². The summed E-state index contributed by atoms with van der Waals surface area (Å²) in [6, 6.07) is 3.77. The second kappa shape index (κ2) is 4.89. The minimum absolute atomic E-state index is 0.184. The third-order valence-electron chi connectivity index (χ3n) is 2.49. The van der Waals surface area contributed by atoms with Gasteiger partial charge < -0.3 is 0 Å². The maximum absolute atomic E-state index is 13.4. The molecule has 1 aromatic carbocycles. The Morgan fingerprint density at radius 1 is 1.40 bits per heavy atom. The zero-order chi connectivity index (χ0) is 14.9. The van der Waals surface area contributed by atoms with E-state index in [0.29, 0.717) is 6.07 Å². The minimum Gasteiger partial charge on any atom is -0.264 e. The van der Waals surface area contributed by atoms with E-state index in [1.807, 2.05) is 0 Å². The number of aryl methyl sites for hydroxylation is 1. The second-order valence-corrected chi connectivity index (χ2v) is 5.50. The van der Waals surface area contributed by atoms with Crippen LogP contribution in [0.1, 0.15) is 0 Å². The number of nitro groups is 1. The summed E-state index contributed by atoms with van der Waals surface area (Å²) >= 11 is 0. The molecule has 0 unspecified atom stereocenters. The number of rotatable bonds is 4. The van der Waals surface area contributed by atoms with Gasteiger partial charge in [-0.1, -0.05) is 0 Å². The molecule has 2 aromatic rings. The van der Waals surface area contributed by atoms with Gasteiger partial charge in [-0.25, -0.2) is 8.42 Å². The first-order valence-corrected chi connectivity index (χ1v) is 6.74. The van der Waals surface area contributed by atoms with E-state index in [1.165, 1.54) is 24.0 Å². The van der Waals surface area contributed by atoms with E-state index < -0.39 is 31.3 Å². The molecule has 0 aliphatic heterocycles. The number of nitrogens with one attached hydrogen (secondary N) is 1. The highest BCUT2D eigenvalue weighted by Gasteiger charge is 2.21. The maximum atomic E-state index is 13.4. The smallest absolute Gasteiger partial charge is 0.264 e. The highest BCUT2D eigenvalue weighted by Crippen LogP contribution is 2.22. The van der Waals surface area contributed by atoms with E-state index in [-0.39, 0.29) is 5.82 Å². The van der Waals surface area contributed by atoms with Gasteiger partial charge in [-0.15, -0.1) is 0 Å². The van der Waals surface area contributed by atoms with Crippen molar-refractivity contribution in [3.63, 3.8) is 0 Å². The Kier molecular flexibility index (Phi) is 3.40. The zero-order valence-electron chi connectivity index (χ0n) is 10.1. The molecule has 2 rings (SSSR count). The summed E-state index contributed by atoms with van der Waals surface area (Å²) in [6.45, 7) is 0. The van der Waals surface area contributed by atoms with Crippen molar-refractivity contribution in [3.05, 3.63) is 46.4 Å². The summed E-state index contributed by atoms with van der Waals surface area (Å²) in [5, 5.41) is 14.2. The number of benzene rings is 1. The monoisotopic (exact) mass is 300 g/mol. The van der Waals surface area contributed by atoms with Gasteiger partial charge in [-0.3, -0.25) is 19.5 Å². The van der Waals surface area contributed by atoms with Crippen molar-refractivity contribution in [1.29, 1.82) is 0 Å². The van der Waals surface area contributed by atoms with Crippen LogP contribution in [0.25, 0.3) is 0 Å². The molecule has 1 aromatic heterocycles. The van der Waals surface area contributed by atoms with Crippen molar-refractivity contribution in [2.24, 2.45) is 7.05 Å². The fourth-order valence-corrected chi connectivity index (χ4v) is 2.57. The lowest BCUT2D eigenvalue weighted by atomic mass is 10.3. The van der Waals surface area contributed by atoms with E-state index in [1.54, 1.807) is 0 Å². The normalized spacial score (nSPS) is 11.3. The van der Waals surface area contributed by atoms with Crippen LogP contribution in [-0.2, 0) is 17.1 Å². The third-order valence-corrected chi connectivity index (χ3v) is 3.84. The number of halogens is 1. The average Bonchev–Trinajstić information content (AvgIpc) is 2.73. The molecule has 1 heterocycles. The zero-order valence-corrected chi connectivity index (χ0v) is 11.0. The van der Waals surface area contributed by atoms with Gasteiger partial charge in [0.2, 0.25) is 5.82 Å². The number of nitro benzene ring substituents is 1. The Hall–Kier alpha value is -2.49. The van der Waals surface area contributed by atoms with Gasteiger partial charge in [-0.2, -0.15) is 9.49 Å². The lowest BCUT2D eigenvalue weighted by Crippen LogP contribution is -2.15. The number of aromatic nitrogens is 2. The van der Waals surface area contributed by atoms with Crippen LogP contribution in [0.5, 0.6) is 0 Å². The molecule has 1 N–H and O–H groups in total. The van der Waals surface area contributed by atoms with Crippen LogP contribution in [0.2, 0.25) is 0 Å². The summed E-state index contributed by atoms with van der Waals surface area (Å²) in [5.41, 5.74) is -0.788. The number of sulfonamides is 1. The van der Waals surface area contributed by atoms with Gasteiger partial charge in [0.25, 0.3) is 10.0 Å². The summed E-state index contributed by atoms with van der Waals surface area (Å²) in [5.74, 6) is -1.04. The summed E-state index contributed by atoms with van der Waals surface area (Å²) in [4.78, 5) is 9.13. The molecule has 0 fully saturated rings. The van der Waals surface area contributed by atoms with E-state index in [0.717, 1.165) is 12.1 Å². The molecule has 0 atom stereocenters. The molecule has 0 saturated carbocycles. The van der Waals surface area contributed by atoms with Gasteiger partial charge >= 0.3 is 5.69 Å². The number of hydrogen-bond acceptors (Lipinski definition) is 5. The molecule has 0 saturated heterocycles. The standard InChI is InChI=1S/C10H9FN4O4S/c1-14-10(4-5-12-14)13-20(18,19)7-2-3-9(15(16)17)8(11)6-7/h2-6,13H,1H3. The SMILES string of the molecule is Cn1nccc1NS(=O)(=O)c1ccc([N+](=O)[O-])c(F)c1. The number of hydrogen-bond donors (Lipinski definition) is 1. The van der Waals surface area contributed by atoms with Crippen LogP contribution in [-0.4, -0.2) is 23.1 Å². The van der Waals surface area contributed by atoms with Crippen LogP contribution >= 0.6 is 0 Å². The largest absolute Gasteiger partial charge is 0.304 e. The van der Waals surface area contributed by atoms with Crippen LogP contribution in [0, 0.1) is 15.9 Å². The van der Waals surface area contributed by atoms with Crippen molar-refractivity contribution in [1.82, 2.24) is 9.78 Å². The average molecular weight is 300 g/mol. The van der Waals surface area contributed by atoms with E-state index in [2.05, 4.69) is 9.82 Å². The molecule has 20 heavy (non-hydrogen) atoms. The first-order chi connectivity index (χ1) is 9.31. The highest BCUT2D eigenvalue weighted by atomic mass is 32.2. The fraction of sp³-hybridized carbons (Fsp3) is 0.100. The van der Waals surface area contributed by atoms with E-state index in [4.69, 9.17) is 0 Å². The molecule has 10 heteroatoms. The lowest BCUT2D eigenvalue weighted by molar-refractivity contribution is -0.387. The van der Waals surface area contributed by atoms with Crippen molar-refractivity contribution >= 4 is 21.5 Å². The quantitative estimate of drug-likeness (QED) is 0.675. The van der Waals surface area contributed by atoms with Gasteiger partial charge in [-0.05, 0) is 6.07 Å². The minimum atomic E-state index is -4.04. The Morgan fingerprint density at radius 3 is 2.60 bits per heavy atom. The summed E-state index contributed by atoms with van der Waals surface area (Å²) < 4.78 is 40.9. The van der Waals surface area contributed by atoms with Crippen molar-refractivity contribution in [3.8, 4) is 0 Å². The molecule has 0 radical (unpaired) electrons. The summed E-state index contributed by atoms with van der Waals surface area (Å²) in [7, 11) is -2.52. The Morgan fingerprint density at radius 2 is 2.10 bits per heavy atom. The molecular formula is C10H9FN4O4S. The molecule has 0 spiro atoms. The molecule has 0 aliphatic rings.